The molecule has 0 unspecified atom stereocenters. The van der Waals surface area contributed by atoms with Gasteiger partial charge in [0.25, 0.3) is 5.91 Å². The summed E-state index contributed by atoms with van der Waals surface area (Å²) in [6.45, 7) is 1.32. The van der Waals surface area contributed by atoms with Crippen molar-refractivity contribution >= 4 is 50.0 Å². The van der Waals surface area contributed by atoms with Crippen LogP contribution in [0.4, 0.5) is 5.13 Å². The van der Waals surface area contributed by atoms with Crippen molar-refractivity contribution < 1.29 is 9.53 Å². The number of para-hydroxylation sites is 1. The molecular formula is C19H18N2O2S2. The Kier molecular flexibility index (Phi) is 4.92. The van der Waals surface area contributed by atoms with E-state index in [1.807, 2.05) is 47.9 Å². The van der Waals surface area contributed by atoms with Gasteiger partial charge in [-0.15, -0.1) is 11.3 Å². The number of anilines is 1. The van der Waals surface area contributed by atoms with Crippen molar-refractivity contribution in [1.82, 2.24) is 4.98 Å². The Hall–Kier alpha value is -2.02. The van der Waals surface area contributed by atoms with E-state index >= 15 is 0 Å². The fourth-order valence-electron chi connectivity index (χ4n) is 2.86. The van der Waals surface area contributed by atoms with Gasteiger partial charge in [0.2, 0.25) is 0 Å². The number of amides is 1. The van der Waals surface area contributed by atoms with Crippen molar-refractivity contribution in [2.75, 3.05) is 18.1 Å². The number of ether oxygens (including phenoxy) is 1. The van der Waals surface area contributed by atoms with Gasteiger partial charge in [0.15, 0.2) is 5.13 Å². The van der Waals surface area contributed by atoms with Crippen LogP contribution in [0, 0.1) is 0 Å². The number of carbonyl (C=O) groups excluding carboxylic acids is 1. The number of aromatic nitrogens is 1. The average Bonchev–Trinajstić information content (AvgIpc) is 3.38. The standard InChI is InChI=1S/C19H18N2O2S2/c22-18(10-9-15-6-4-12-24-15)21(13-14-5-3-11-23-14)19-20-16-7-1-2-8-17(16)25-19/h1-2,4,6-10,12,14H,3,5,11,13H2/b10-9+/t14-/m0/s1. The summed E-state index contributed by atoms with van der Waals surface area (Å²) in [5.41, 5.74) is 0.926. The van der Waals surface area contributed by atoms with Crippen molar-refractivity contribution in [2.45, 2.75) is 18.9 Å². The first kappa shape index (κ1) is 16.4. The normalized spacial score (nSPS) is 17.5. The number of rotatable bonds is 5. The lowest BCUT2D eigenvalue weighted by Gasteiger charge is -2.21. The fraction of sp³-hybridized carbons (Fsp3) is 0.263. The summed E-state index contributed by atoms with van der Waals surface area (Å²) in [6.07, 6.45) is 5.63. The maximum atomic E-state index is 12.9. The first-order chi connectivity index (χ1) is 12.3. The molecule has 4 nitrogen and oxygen atoms in total. The summed E-state index contributed by atoms with van der Waals surface area (Å²) >= 11 is 3.16. The van der Waals surface area contributed by atoms with E-state index < -0.39 is 0 Å². The van der Waals surface area contributed by atoms with Crippen LogP contribution < -0.4 is 4.90 Å². The van der Waals surface area contributed by atoms with Gasteiger partial charge in [-0.3, -0.25) is 9.69 Å². The Labute approximate surface area is 154 Å². The Morgan fingerprint density at radius 3 is 3.00 bits per heavy atom. The van der Waals surface area contributed by atoms with Gasteiger partial charge in [-0.05, 0) is 42.5 Å². The second-order valence-corrected chi connectivity index (χ2v) is 7.89. The van der Waals surface area contributed by atoms with Gasteiger partial charge >= 0.3 is 0 Å². The number of hydrogen-bond acceptors (Lipinski definition) is 5. The van der Waals surface area contributed by atoms with Crippen LogP contribution in [0.25, 0.3) is 16.3 Å². The summed E-state index contributed by atoms with van der Waals surface area (Å²) in [6, 6.07) is 11.9. The Morgan fingerprint density at radius 1 is 1.32 bits per heavy atom. The molecule has 128 valence electrons. The number of thiophene rings is 1. The predicted octanol–water partition coefficient (Wildman–Crippen LogP) is 4.58. The van der Waals surface area contributed by atoms with Gasteiger partial charge in [0.05, 0.1) is 22.9 Å². The summed E-state index contributed by atoms with van der Waals surface area (Å²) in [5.74, 6) is -0.0528. The molecule has 3 heterocycles. The van der Waals surface area contributed by atoms with E-state index in [4.69, 9.17) is 4.74 Å². The van der Waals surface area contributed by atoms with Gasteiger partial charge in [-0.2, -0.15) is 0 Å². The van der Waals surface area contributed by atoms with Crippen molar-refractivity contribution in [3.05, 3.63) is 52.7 Å². The molecule has 25 heavy (non-hydrogen) atoms. The first-order valence-electron chi connectivity index (χ1n) is 8.30. The molecule has 1 fully saturated rings. The van der Waals surface area contributed by atoms with Crippen LogP contribution in [0.3, 0.4) is 0 Å². The molecule has 1 aromatic carbocycles. The van der Waals surface area contributed by atoms with E-state index in [1.54, 1.807) is 33.6 Å². The van der Waals surface area contributed by atoms with Gasteiger partial charge < -0.3 is 4.74 Å². The SMILES string of the molecule is O=C(/C=C/c1cccs1)N(C[C@@H]1CCCO1)c1nc2ccccc2s1. The van der Waals surface area contributed by atoms with Crippen LogP contribution in [0.1, 0.15) is 17.7 Å². The van der Waals surface area contributed by atoms with Crippen LogP contribution in [0.15, 0.2) is 47.9 Å². The number of hydrogen-bond donors (Lipinski definition) is 0. The number of thiazole rings is 1. The summed E-state index contributed by atoms with van der Waals surface area (Å²) in [7, 11) is 0. The molecule has 2 aromatic heterocycles. The Bertz CT molecular complexity index is 847. The molecular weight excluding hydrogens is 352 g/mol. The molecule has 0 saturated carbocycles. The highest BCUT2D eigenvalue weighted by Gasteiger charge is 2.25. The van der Waals surface area contributed by atoms with Gasteiger partial charge in [0, 0.05) is 17.6 Å². The minimum atomic E-state index is -0.0528. The zero-order valence-corrected chi connectivity index (χ0v) is 15.3. The molecule has 4 rings (SSSR count). The van der Waals surface area contributed by atoms with E-state index in [-0.39, 0.29) is 12.0 Å². The van der Waals surface area contributed by atoms with Gasteiger partial charge in [-0.25, -0.2) is 4.98 Å². The Morgan fingerprint density at radius 2 is 2.24 bits per heavy atom. The largest absolute Gasteiger partial charge is 0.376 e. The zero-order valence-electron chi connectivity index (χ0n) is 13.6. The minimum Gasteiger partial charge on any atom is -0.376 e. The number of nitrogens with zero attached hydrogens (tertiary/aromatic N) is 2. The van der Waals surface area contributed by atoms with Crippen molar-refractivity contribution in [2.24, 2.45) is 0 Å². The summed E-state index contributed by atoms with van der Waals surface area (Å²) < 4.78 is 6.83. The van der Waals surface area contributed by atoms with E-state index in [0.29, 0.717) is 6.54 Å². The van der Waals surface area contributed by atoms with Crippen molar-refractivity contribution in [3.63, 3.8) is 0 Å². The van der Waals surface area contributed by atoms with Crippen LogP contribution in [0.5, 0.6) is 0 Å². The maximum absolute atomic E-state index is 12.9. The van der Waals surface area contributed by atoms with Crippen LogP contribution in [-0.2, 0) is 9.53 Å². The lowest BCUT2D eigenvalue weighted by atomic mass is 10.2. The molecule has 1 aliphatic heterocycles. The molecule has 1 atom stereocenters. The smallest absolute Gasteiger partial charge is 0.252 e. The molecule has 3 aromatic rings. The third kappa shape index (κ3) is 3.81. The molecule has 1 aliphatic rings. The molecule has 6 heteroatoms. The predicted molar refractivity (Wildman–Crippen MR) is 104 cm³/mol. The molecule has 0 N–H and O–H groups in total. The lowest BCUT2D eigenvalue weighted by Crippen LogP contribution is -2.36. The van der Waals surface area contributed by atoms with Crippen molar-refractivity contribution in [3.8, 4) is 0 Å². The summed E-state index contributed by atoms with van der Waals surface area (Å²) in [4.78, 5) is 20.3. The molecule has 0 aliphatic carbocycles. The van der Waals surface area contributed by atoms with E-state index in [2.05, 4.69) is 4.98 Å². The molecule has 0 bridgehead atoms. The van der Waals surface area contributed by atoms with Gasteiger partial charge in [0.1, 0.15) is 0 Å². The third-order valence-corrected chi connectivity index (χ3v) is 6.02. The number of fused-ring (bicyclic) bond motifs is 1. The highest BCUT2D eigenvalue weighted by atomic mass is 32.1. The quantitative estimate of drug-likeness (QED) is 0.617. The van der Waals surface area contributed by atoms with Crippen LogP contribution >= 0.6 is 22.7 Å². The molecule has 1 amide bonds. The minimum absolute atomic E-state index is 0.0528. The van der Waals surface area contributed by atoms with E-state index in [0.717, 1.165) is 39.7 Å². The maximum Gasteiger partial charge on any atom is 0.252 e. The summed E-state index contributed by atoms with van der Waals surface area (Å²) in [5, 5.41) is 2.74. The van der Waals surface area contributed by atoms with Crippen LogP contribution in [-0.4, -0.2) is 30.1 Å². The highest BCUT2D eigenvalue weighted by Crippen LogP contribution is 2.30. The lowest BCUT2D eigenvalue weighted by molar-refractivity contribution is -0.114. The van der Waals surface area contributed by atoms with Crippen LogP contribution in [0.2, 0.25) is 0 Å². The average molecular weight is 370 g/mol. The van der Waals surface area contributed by atoms with Gasteiger partial charge in [-0.1, -0.05) is 29.5 Å². The molecule has 0 spiro atoms. The molecule has 0 radical (unpaired) electrons. The Balaban J connectivity index is 1.61. The van der Waals surface area contributed by atoms with Crippen molar-refractivity contribution in [1.29, 1.82) is 0 Å². The second kappa shape index (κ2) is 7.47. The fourth-order valence-corrected chi connectivity index (χ4v) is 4.46. The van der Waals surface area contributed by atoms with E-state index in [1.165, 1.54) is 0 Å². The number of carbonyl (C=O) groups is 1. The monoisotopic (exact) mass is 370 g/mol. The first-order valence-corrected chi connectivity index (χ1v) is 9.99. The van der Waals surface area contributed by atoms with E-state index in [9.17, 15) is 4.79 Å². The molecule has 1 saturated heterocycles. The highest BCUT2D eigenvalue weighted by molar-refractivity contribution is 7.22. The zero-order chi connectivity index (χ0) is 17.1. The third-order valence-electron chi connectivity index (χ3n) is 4.12. The number of benzene rings is 1. The second-order valence-electron chi connectivity index (χ2n) is 5.90. The topological polar surface area (TPSA) is 42.4 Å².